The molecule has 1 N–H and O–H groups in total. The number of esters is 1. The fourth-order valence-corrected chi connectivity index (χ4v) is 0.864. The molecule has 92 valence electrons. The summed E-state index contributed by atoms with van der Waals surface area (Å²) < 4.78 is 10.1. The first-order chi connectivity index (χ1) is 7.56. The summed E-state index contributed by atoms with van der Waals surface area (Å²) in [4.78, 5) is 21.1. The van der Waals surface area contributed by atoms with Crippen molar-refractivity contribution >= 4 is 11.9 Å². The topological polar surface area (TPSA) is 72.8 Å². The van der Waals surface area contributed by atoms with Crippen LogP contribution in [0.5, 0.6) is 0 Å². The van der Waals surface area contributed by atoms with Crippen molar-refractivity contribution in [2.45, 2.75) is 32.8 Å². The SMILES string of the molecule is CCCCOC(C)COC(=O)/C=C\C(=O)O. The molecule has 1 atom stereocenters. The molecule has 1 unspecified atom stereocenters. The summed E-state index contributed by atoms with van der Waals surface area (Å²) >= 11 is 0. The van der Waals surface area contributed by atoms with Gasteiger partial charge in [-0.15, -0.1) is 0 Å². The van der Waals surface area contributed by atoms with Crippen LogP contribution in [0, 0.1) is 0 Å². The van der Waals surface area contributed by atoms with Crippen molar-refractivity contribution in [1.82, 2.24) is 0 Å². The molecule has 0 aliphatic carbocycles. The Bertz CT molecular complexity index is 247. The van der Waals surface area contributed by atoms with E-state index in [1.54, 1.807) is 6.92 Å². The van der Waals surface area contributed by atoms with E-state index >= 15 is 0 Å². The van der Waals surface area contributed by atoms with Gasteiger partial charge in [-0.25, -0.2) is 9.59 Å². The summed E-state index contributed by atoms with van der Waals surface area (Å²) in [5, 5.41) is 8.26. The minimum absolute atomic E-state index is 0.131. The van der Waals surface area contributed by atoms with Crippen molar-refractivity contribution in [2.24, 2.45) is 0 Å². The Kier molecular flexibility index (Phi) is 8.15. The molecule has 0 aliphatic heterocycles. The van der Waals surface area contributed by atoms with Gasteiger partial charge in [0, 0.05) is 18.8 Å². The smallest absolute Gasteiger partial charge is 0.331 e. The highest BCUT2D eigenvalue weighted by atomic mass is 16.6. The number of carboxylic acid groups (broad SMARTS) is 1. The highest BCUT2D eigenvalue weighted by molar-refractivity contribution is 5.90. The maximum atomic E-state index is 11.0. The van der Waals surface area contributed by atoms with Gasteiger partial charge in [0.2, 0.25) is 0 Å². The van der Waals surface area contributed by atoms with E-state index in [1.165, 1.54) is 0 Å². The zero-order valence-corrected chi connectivity index (χ0v) is 9.64. The molecule has 0 aromatic rings. The van der Waals surface area contributed by atoms with Gasteiger partial charge in [-0.1, -0.05) is 13.3 Å². The Morgan fingerprint density at radius 2 is 2.06 bits per heavy atom. The van der Waals surface area contributed by atoms with Gasteiger partial charge in [-0.3, -0.25) is 0 Å². The average Bonchev–Trinajstić information content (AvgIpc) is 2.24. The van der Waals surface area contributed by atoms with Crippen LogP contribution >= 0.6 is 0 Å². The Balaban J connectivity index is 3.62. The Morgan fingerprint density at radius 3 is 2.62 bits per heavy atom. The summed E-state index contributed by atoms with van der Waals surface area (Å²) in [7, 11) is 0. The van der Waals surface area contributed by atoms with Crippen molar-refractivity contribution in [2.75, 3.05) is 13.2 Å². The number of carbonyl (C=O) groups is 2. The normalized spacial score (nSPS) is 12.6. The van der Waals surface area contributed by atoms with Crippen LogP contribution in [-0.2, 0) is 19.1 Å². The highest BCUT2D eigenvalue weighted by Crippen LogP contribution is 1.96. The number of rotatable bonds is 8. The van der Waals surface area contributed by atoms with E-state index in [4.69, 9.17) is 14.6 Å². The summed E-state index contributed by atoms with van der Waals surface area (Å²) in [5.41, 5.74) is 0. The van der Waals surface area contributed by atoms with Crippen LogP contribution in [0.3, 0.4) is 0 Å². The summed E-state index contributed by atoms with van der Waals surface area (Å²) in [6.45, 7) is 4.63. The molecule has 0 amide bonds. The third-order valence-electron chi connectivity index (χ3n) is 1.72. The number of ether oxygens (including phenoxy) is 2. The molecule has 0 saturated heterocycles. The Labute approximate surface area is 95.0 Å². The van der Waals surface area contributed by atoms with E-state index in [9.17, 15) is 9.59 Å². The number of unbranched alkanes of at least 4 members (excludes halogenated alkanes) is 1. The largest absolute Gasteiger partial charge is 0.478 e. The highest BCUT2D eigenvalue weighted by Gasteiger charge is 2.05. The average molecular weight is 230 g/mol. The van der Waals surface area contributed by atoms with Crippen LogP contribution in [0.4, 0.5) is 0 Å². The molecule has 0 bridgehead atoms. The fourth-order valence-electron chi connectivity index (χ4n) is 0.864. The lowest BCUT2D eigenvalue weighted by molar-refractivity contribution is -0.142. The lowest BCUT2D eigenvalue weighted by atomic mass is 10.3. The van der Waals surface area contributed by atoms with Gasteiger partial charge in [0.1, 0.15) is 6.61 Å². The zero-order chi connectivity index (χ0) is 12.4. The van der Waals surface area contributed by atoms with Gasteiger partial charge in [0.25, 0.3) is 0 Å². The molecule has 0 heterocycles. The zero-order valence-electron chi connectivity index (χ0n) is 9.64. The molecule has 0 aliphatic rings. The molecule has 5 nitrogen and oxygen atoms in total. The number of carboxylic acids is 1. The van der Waals surface area contributed by atoms with Crippen LogP contribution in [0.2, 0.25) is 0 Å². The van der Waals surface area contributed by atoms with E-state index in [2.05, 4.69) is 6.92 Å². The maximum Gasteiger partial charge on any atom is 0.331 e. The number of carbonyl (C=O) groups excluding carboxylic acids is 1. The van der Waals surface area contributed by atoms with Gasteiger partial charge in [-0.2, -0.15) is 0 Å². The quantitative estimate of drug-likeness (QED) is 0.387. The van der Waals surface area contributed by atoms with Gasteiger partial charge in [0.15, 0.2) is 0 Å². The first-order valence-electron chi connectivity index (χ1n) is 5.25. The Hall–Kier alpha value is -1.36. The van der Waals surface area contributed by atoms with Gasteiger partial charge in [-0.05, 0) is 13.3 Å². The van der Waals surface area contributed by atoms with Crippen LogP contribution in [0.1, 0.15) is 26.7 Å². The summed E-state index contributed by atoms with van der Waals surface area (Å²) in [6.07, 6.45) is 3.46. The van der Waals surface area contributed by atoms with E-state index in [-0.39, 0.29) is 12.7 Å². The summed E-state index contributed by atoms with van der Waals surface area (Å²) in [5.74, 6) is -1.85. The molecule has 16 heavy (non-hydrogen) atoms. The standard InChI is InChI=1S/C11H18O5/c1-3-4-7-15-9(2)8-16-11(14)6-5-10(12)13/h5-6,9H,3-4,7-8H2,1-2H3,(H,12,13)/b6-5-. The van der Waals surface area contributed by atoms with Crippen molar-refractivity contribution in [3.05, 3.63) is 12.2 Å². The third-order valence-corrected chi connectivity index (χ3v) is 1.72. The lowest BCUT2D eigenvalue weighted by Gasteiger charge is -2.12. The minimum Gasteiger partial charge on any atom is -0.478 e. The number of hydrogen-bond acceptors (Lipinski definition) is 4. The molecule has 0 fully saturated rings. The predicted octanol–water partition coefficient (Wildman–Crippen LogP) is 1.38. The van der Waals surface area contributed by atoms with Crippen LogP contribution in [-0.4, -0.2) is 36.4 Å². The van der Waals surface area contributed by atoms with Crippen molar-refractivity contribution in [1.29, 1.82) is 0 Å². The van der Waals surface area contributed by atoms with Crippen LogP contribution in [0.15, 0.2) is 12.2 Å². The molecule has 0 spiro atoms. The van der Waals surface area contributed by atoms with Crippen molar-refractivity contribution in [3.8, 4) is 0 Å². The number of hydrogen-bond donors (Lipinski definition) is 1. The number of aliphatic carboxylic acids is 1. The first kappa shape index (κ1) is 14.6. The molecular formula is C11H18O5. The second-order valence-corrected chi connectivity index (χ2v) is 3.34. The van der Waals surface area contributed by atoms with Gasteiger partial charge < -0.3 is 14.6 Å². The van der Waals surface area contributed by atoms with E-state index < -0.39 is 11.9 Å². The minimum atomic E-state index is -1.18. The first-order valence-corrected chi connectivity index (χ1v) is 5.25. The third kappa shape index (κ3) is 9.21. The molecule has 0 saturated carbocycles. The second-order valence-electron chi connectivity index (χ2n) is 3.34. The molecule has 0 aromatic carbocycles. The maximum absolute atomic E-state index is 11.0. The monoisotopic (exact) mass is 230 g/mol. The predicted molar refractivity (Wildman–Crippen MR) is 58.1 cm³/mol. The van der Waals surface area contributed by atoms with Gasteiger partial charge in [0.05, 0.1) is 6.10 Å². The van der Waals surface area contributed by atoms with E-state index in [0.717, 1.165) is 25.0 Å². The molecular weight excluding hydrogens is 212 g/mol. The van der Waals surface area contributed by atoms with Gasteiger partial charge >= 0.3 is 11.9 Å². The lowest BCUT2D eigenvalue weighted by Crippen LogP contribution is -2.18. The van der Waals surface area contributed by atoms with E-state index in [0.29, 0.717) is 6.61 Å². The van der Waals surface area contributed by atoms with Crippen LogP contribution in [0.25, 0.3) is 0 Å². The van der Waals surface area contributed by atoms with Crippen molar-refractivity contribution in [3.63, 3.8) is 0 Å². The molecule has 0 aromatic heterocycles. The van der Waals surface area contributed by atoms with Crippen LogP contribution < -0.4 is 0 Å². The Morgan fingerprint density at radius 1 is 1.38 bits per heavy atom. The van der Waals surface area contributed by atoms with Crippen molar-refractivity contribution < 1.29 is 24.2 Å². The fraction of sp³-hybridized carbons (Fsp3) is 0.636. The molecule has 0 rings (SSSR count). The molecule has 0 radical (unpaired) electrons. The summed E-state index contributed by atoms with van der Waals surface area (Å²) in [6, 6.07) is 0. The van der Waals surface area contributed by atoms with E-state index in [1.807, 2.05) is 0 Å². The molecule has 5 heteroatoms. The second kappa shape index (κ2) is 8.91.